The number of amides is 3. The highest BCUT2D eigenvalue weighted by Gasteiger charge is 2.37. The van der Waals surface area contributed by atoms with E-state index in [4.69, 9.17) is 32.5 Å². The quantitative estimate of drug-likeness (QED) is 0.0902. The van der Waals surface area contributed by atoms with E-state index in [-0.39, 0.29) is 66.8 Å². The Hall–Kier alpha value is -4.78. The molecule has 0 aliphatic carbocycles. The lowest BCUT2D eigenvalue weighted by molar-refractivity contribution is -0.933. The van der Waals surface area contributed by atoms with E-state index in [1.165, 1.54) is 0 Å². The molecule has 17 nitrogen and oxygen atoms in total. The topological polar surface area (TPSA) is 247 Å². The Kier molecular flexibility index (Phi) is 15.9. The Bertz CT molecular complexity index is 1880. The number of anilines is 2. The SMILES string of the molecule is Nc1nc(N)c(C(=O)N[C@H]2CCC[N+](CCCc3ccc(OCC(=O)N4CCC(O)(CO)CC4)cc3)(CCCc3ccc(OCC(=O)N4CCC(O)(CO)CC4)cc3)C2)nc1Cl. The fourth-order valence-corrected chi connectivity index (χ4v) is 8.82. The van der Waals surface area contributed by atoms with E-state index in [0.29, 0.717) is 63.4 Å². The first kappa shape index (κ1) is 46.7. The maximum absolute atomic E-state index is 13.4. The van der Waals surface area contributed by atoms with E-state index in [2.05, 4.69) is 15.3 Å². The van der Waals surface area contributed by atoms with Gasteiger partial charge in [-0.2, -0.15) is 0 Å². The maximum Gasteiger partial charge on any atom is 0.274 e. The summed E-state index contributed by atoms with van der Waals surface area (Å²) < 4.78 is 12.4. The van der Waals surface area contributed by atoms with Gasteiger partial charge in [0.15, 0.2) is 35.7 Å². The lowest BCUT2D eigenvalue weighted by Crippen LogP contribution is -2.60. The summed E-state index contributed by atoms with van der Waals surface area (Å²) in [4.78, 5) is 50.2. The second-order valence-corrected chi connectivity index (χ2v) is 17.6. The molecule has 0 unspecified atom stereocenters. The Morgan fingerprint density at radius 3 is 1.68 bits per heavy atom. The van der Waals surface area contributed by atoms with Crippen LogP contribution >= 0.6 is 11.6 Å². The molecular weight excluding hydrogens is 820 g/mol. The first-order valence-electron chi connectivity index (χ1n) is 21.6. The van der Waals surface area contributed by atoms with E-state index in [1.54, 1.807) is 9.80 Å². The second kappa shape index (κ2) is 21.1. The van der Waals surface area contributed by atoms with Crippen LogP contribution in [-0.2, 0) is 22.4 Å². The molecule has 3 aliphatic rings. The molecule has 338 valence electrons. The number of aromatic nitrogens is 2. The molecule has 1 aromatic heterocycles. The van der Waals surface area contributed by atoms with Crippen molar-refractivity contribution in [2.75, 3.05) is 90.3 Å². The molecule has 18 heteroatoms. The summed E-state index contributed by atoms with van der Waals surface area (Å²) >= 11 is 6.08. The molecule has 1 atom stereocenters. The zero-order valence-electron chi connectivity index (χ0n) is 35.4. The molecule has 0 saturated carbocycles. The predicted molar refractivity (Wildman–Crippen MR) is 232 cm³/mol. The second-order valence-electron chi connectivity index (χ2n) is 17.2. The van der Waals surface area contributed by atoms with Crippen LogP contribution in [0.3, 0.4) is 0 Å². The normalized spacial score (nSPS) is 19.4. The number of aliphatic hydroxyl groups is 4. The number of nitrogen functional groups attached to an aromatic ring is 2. The minimum absolute atomic E-state index is 0.0373. The van der Waals surface area contributed by atoms with Gasteiger partial charge in [-0.1, -0.05) is 35.9 Å². The molecule has 0 radical (unpaired) electrons. The monoisotopic (exact) mass is 881 g/mol. The number of aliphatic hydroxyl groups excluding tert-OH is 2. The number of halogens is 1. The van der Waals surface area contributed by atoms with Crippen LogP contribution in [0, 0.1) is 0 Å². The Balaban J connectivity index is 1.02. The molecule has 6 rings (SSSR count). The number of hydrogen-bond acceptors (Lipinski definition) is 13. The van der Waals surface area contributed by atoms with Crippen molar-refractivity contribution in [3.63, 3.8) is 0 Å². The van der Waals surface area contributed by atoms with E-state index < -0.39 is 17.1 Å². The van der Waals surface area contributed by atoms with Crippen molar-refractivity contribution in [2.45, 2.75) is 81.5 Å². The third kappa shape index (κ3) is 12.7. The van der Waals surface area contributed by atoms with Gasteiger partial charge in [0, 0.05) is 39.0 Å². The number of nitrogens with zero attached hydrogens (tertiary/aromatic N) is 5. The lowest BCUT2D eigenvalue weighted by Gasteiger charge is -2.45. The number of rotatable bonds is 18. The highest BCUT2D eigenvalue weighted by molar-refractivity contribution is 6.31. The van der Waals surface area contributed by atoms with Crippen molar-refractivity contribution in [1.29, 1.82) is 0 Å². The number of carbonyl (C=O) groups is 3. The first-order chi connectivity index (χ1) is 29.7. The van der Waals surface area contributed by atoms with Gasteiger partial charge in [-0.25, -0.2) is 9.97 Å². The van der Waals surface area contributed by atoms with Gasteiger partial charge >= 0.3 is 0 Å². The van der Waals surface area contributed by atoms with Crippen molar-refractivity contribution >= 4 is 41.0 Å². The van der Waals surface area contributed by atoms with Crippen LogP contribution in [0.15, 0.2) is 48.5 Å². The first-order valence-corrected chi connectivity index (χ1v) is 22.0. The summed E-state index contributed by atoms with van der Waals surface area (Å²) in [5, 5.41) is 42.4. The molecule has 62 heavy (non-hydrogen) atoms. The molecule has 9 N–H and O–H groups in total. The fraction of sp³-hybridized carbons (Fsp3) is 0.568. The Morgan fingerprint density at radius 1 is 0.758 bits per heavy atom. The van der Waals surface area contributed by atoms with Gasteiger partial charge in [0.25, 0.3) is 17.7 Å². The van der Waals surface area contributed by atoms with E-state index >= 15 is 0 Å². The number of hydrogen-bond donors (Lipinski definition) is 7. The van der Waals surface area contributed by atoms with Crippen LogP contribution in [0.1, 0.15) is 73.0 Å². The van der Waals surface area contributed by atoms with Crippen LogP contribution in [0.4, 0.5) is 11.6 Å². The summed E-state index contributed by atoms with van der Waals surface area (Å²) in [6.45, 7) is 4.17. The number of ether oxygens (including phenoxy) is 2. The number of likely N-dealkylation sites (tertiary alicyclic amines) is 3. The molecule has 3 saturated heterocycles. The standard InChI is InChI=1S/C44H61ClN8O9/c45-39-41(47)50-40(46)38(49-39)42(58)48-33-6-3-25-53(26-33,23-1-4-31-7-11-34(12-8-31)61-27-36(56)51-19-15-43(59,29-54)16-20-51)24-2-5-32-9-13-35(14-10-32)62-28-37(57)52-21-17-44(60,30-55)18-22-52/h7-14,33,54-55,59-60H,1-6,15-30H2,(H4-,46,47,48,50,58)/p+1/t33-/m0/s1. The Morgan fingerprint density at radius 2 is 1.23 bits per heavy atom. The fourth-order valence-electron chi connectivity index (χ4n) is 8.70. The highest BCUT2D eigenvalue weighted by Crippen LogP contribution is 2.26. The van der Waals surface area contributed by atoms with Gasteiger partial charge in [-0.05, 0) is 86.8 Å². The molecule has 3 aliphatic heterocycles. The summed E-state index contributed by atoms with van der Waals surface area (Å²) in [6, 6.07) is 15.5. The minimum Gasteiger partial charge on any atom is -0.484 e. The zero-order chi connectivity index (χ0) is 44.3. The van der Waals surface area contributed by atoms with Crippen molar-refractivity contribution in [3.05, 3.63) is 70.5 Å². The largest absolute Gasteiger partial charge is 0.484 e. The number of nitrogens with two attached hydrogens (primary N) is 2. The minimum atomic E-state index is -1.12. The summed E-state index contributed by atoms with van der Waals surface area (Å²) in [5.74, 6) is 0.331. The number of nitrogens with one attached hydrogen (secondary N) is 1. The van der Waals surface area contributed by atoms with Crippen molar-refractivity contribution < 1.29 is 48.8 Å². The Labute approximate surface area is 367 Å². The average molecular weight is 882 g/mol. The predicted octanol–water partition coefficient (Wildman–Crippen LogP) is 1.72. The smallest absolute Gasteiger partial charge is 0.274 e. The lowest BCUT2D eigenvalue weighted by atomic mass is 9.92. The van der Waals surface area contributed by atoms with Gasteiger partial charge in [0.2, 0.25) is 0 Å². The molecule has 3 aromatic rings. The molecule has 0 bridgehead atoms. The molecule has 0 spiro atoms. The third-order valence-corrected chi connectivity index (χ3v) is 13.0. The van der Waals surface area contributed by atoms with Crippen LogP contribution < -0.4 is 26.3 Å². The van der Waals surface area contributed by atoms with Crippen molar-refractivity contribution in [2.24, 2.45) is 0 Å². The van der Waals surface area contributed by atoms with E-state index in [1.807, 2.05) is 48.5 Å². The van der Waals surface area contributed by atoms with Crippen molar-refractivity contribution in [3.8, 4) is 11.5 Å². The van der Waals surface area contributed by atoms with Crippen LogP contribution in [0.2, 0.25) is 5.15 Å². The number of aryl methyl sites for hydroxylation is 2. The van der Waals surface area contributed by atoms with E-state index in [0.717, 1.165) is 80.3 Å². The van der Waals surface area contributed by atoms with Gasteiger partial charge in [-0.3, -0.25) is 14.4 Å². The summed E-state index contributed by atoms with van der Waals surface area (Å²) in [7, 11) is 0. The number of benzene rings is 2. The highest BCUT2D eigenvalue weighted by atomic mass is 35.5. The molecule has 3 fully saturated rings. The van der Waals surface area contributed by atoms with Gasteiger partial charge in [-0.15, -0.1) is 0 Å². The van der Waals surface area contributed by atoms with Gasteiger partial charge in [0.1, 0.15) is 11.5 Å². The van der Waals surface area contributed by atoms with Crippen LogP contribution in [0.5, 0.6) is 11.5 Å². The van der Waals surface area contributed by atoms with Crippen LogP contribution in [-0.4, -0.2) is 158 Å². The van der Waals surface area contributed by atoms with E-state index in [9.17, 15) is 34.8 Å². The van der Waals surface area contributed by atoms with Gasteiger partial charge in [0.05, 0.1) is 56.6 Å². The number of piperidine rings is 3. The van der Waals surface area contributed by atoms with Gasteiger partial charge < -0.3 is 61.0 Å². The number of carbonyl (C=O) groups excluding carboxylic acids is 3. The third-order valence-electron chi connectivity index (χ3n) is 12.7. The molecule has 2 aromatic carbocycles. The summed E-state index contributed by atoms with van der Waals surface area (Å²) in [6.07, 6.45) is 6.54. The zero-order valence-corrected chi connectivity index (χ0v) is 36.1. The maximum atomic E-state index is 13.4. The molecule has 3 amide bonds. The van der Waals surface area contributed by atoms with Crippen LogP contribution in [0.25, 0.3) is 0 Å². The molecular formula is C44H62ClN8O9+. The number of quaternary nitrogens is 1. The molecule has 4 heterocycles. The average Bonchev–Trinajstić information content (AvgIpc) is 3.27. The van der Waals surface area contributed by atoms with Crippen molar-refractivity contribution in [1.82, 2.24) is 25.1 Å². The summed E-state index contributed by atoms with van der Waals surface area (Å²) in [5.41, 5.74) is 11.7.